The summed E-state index contributed by atoms with van der Waals surface area (Å²) < 4.78 is 5.36. The van der Waals surface area contributed by atoms with E-state index in [1.54, 1.807) is 4.90 Å². The molecule has 2 N–H and O–H groups in total. The molecule has 0 saturated carbocycles. The molecule has 0 bridgehead atoms. The van der Waals surface area contributed by atoms with Crippen molar-refractivity contribution in [1.82, 2.24) is 10.2 Å². The number of benzene rings is 2. The molecule has 7 nitrogen and oxygen atoms in total. The van der Waals surface area contributed by atoms with E-state index in [1.165, 1.54) is 0 Å². The molecule has 1 aliphatic rings. The van der Waals surface area contributed by atoms with Gasteiger partial charge in [0.05, 0.1) is 5.92 Å². The summed E-state index contributed by atoms with van der Waals surface area (Å²) >= 11 is 0. The first kappa shape index (κ1) is 26.3. The fourth-order valence-corrected chi connectivity index (χ4v) is 4.91. The molecule has 0 aliphatic carbocycles. The monoisotopic (exact) mass is 480 g/mol. The number of carbonyl (C=O) groups is 3. The Kier molecular flexibility index (Phi) is 8.90. The lowest BCUT2D eigenvalue weighted by Gasteiger charge is -2.40. The number of carbonyl (C=O) groups excluding carboxylic acids is 2. The number of ether oxygens (including phenoxy) is 1. The highest BCUT2D eigenvalue weighted by atomic mass is 16.5. The molecule has 188 valence electrons. The lowest BCUT2D eigenvalue weighted by atomic mass is 9.70. The molecule has 1 saturated heterocycles. The zero-order valence-corrected chi connectivity index (χ0v) is 20.8. The Balaban J connectivity index is 1.65. The van der Waals surface area contributed by atoms with Crippen LogP contribution in [0.5, 0.6) is 0 Å². The average Bonchev–Trinajstić information content (AvgIpc) is 2.82. The van der Waals surface area contributed by atoms with Crippen molar-refractivity contribution in [2.75, 3.05) is 13.1 Å². The summed E-state index contributed by atoms with van der Waals surface area (Å²) in [6.45, 7) is 6.90. The maximum atomic E-state index is 13.5. The molecule has 2 amide bonds. The van der Waals surface area contributed by atoms with Crippen LogP contribution < -0.4 is 5.32 Å². The molecule has 1 heterocycles. The number of hydrogen-bond acceptors (Lipinski definition) is 4. The zero-order valence-electron chi connectivity index (χ0n) is 20.8. The van der Waals surface area contributed by atoms with Gasteiger partial charge in [-0.3, -0.25) is 9.59 Å². The first-order valence-electron chi connectivity index (χ1n) is 12.2. The van der Waals surface area contributed by atoms with Crippen LogP contribution in [0.3, 0.4) is 0 Å². The van der Waals surface area contributed by atoms with E-state index in [2.05, 4.69) is 5.32 Å². The number of carboxylic acid groups (broad SMARTS) is 1. The largest absolute Gasteiger partial charge is 0.481 e. The molecule has 2 atom stereocenters. The maximum Gasteiger partial charge on any atom is 0.408 e. The number of amides is 2. The van der Waals surface area contributed by atoms with Gasteiger partial charge in [-0.15, -0.1) is 0 Å². The quantitative estimate of drug-likeness (QED) is 0.580. The third-order valence-electron chi connectivity index (χ3n) is 6.61. The Labute approximate surface area is 207 Å². The third kappa shape index (κ3) is 7.57. The van der Waals surface area contributed by atoms with Crippen LogP contribution in [0.1, 0.15) is 44.7 Å². The second-order valence-electron chi connectivity index (χ2n) is 10.3. The van der Waals surface area contributed by atoms with E-state index < -0.39 is 24.0 Å². The highest BCUT2D eigenvalue weighted by molar-refractivity contribution is 5.86. The first-order chi connectivity index (χ1) is 16.6. The molecule has 2 aromatic rings. The predicted octanol–water partition coefficient (Wildman–Crippen LogP) is 4.51. The molecule has 1 aliphatic heterocycles. The van der Waals surface area contributed by atoms with Gasteiger partial charge in [0.25, 0.3) is 0 Å². The fraction of sp³-hybridized carbons (Fsp3) is 0.464. The molecule has 1 fully saturated rings. The first-order valence-corrected chi connectivity index (χ1v) is 12.2. The molecule has 3 rings (SSSR count). The minimum Gasteiger partial charge on any atom is -0.481 e. The Morgan fingerprint density at radius 2 is 1.51 bits per heavy atom. The number of nitrogens with one attached hydrogen (secondary N) is 1. The summed E-state index contributed by atoms with van der Waals surface area (Å²) in [6.07, 6.45) is 0.948. The van der Waals surface area contributed by atoms with Crippen molar-refractivity contribution in [2.24, 2.45) is 17.3 Å². The summed E-state index contributed by atoms with van der Waals surface area (Å²) in [5.41, 5.74) is 1.44. The molecule has 1 unspecified atom stereocenters. The van der Waals surface area contributed by atoms with Gasteiger partial charge in [-0.25, -0.2) is 4.79 Å². The third-order valence-corrected chi connectivity index (χ3v) is 6.61. The normalized spacial score (nSPS) is 16.3. The number of rotatable bonds is 8. The fourth-order valence-electron chi connectivity index (χ4n) is 4.91. The topological polar surface area (TPSA) is 95.9 Å². The highest BCUT2D eigenvalue weighted by Gasteiger charge is 2.40. The van der Waals surface area contributed by atoms with E-state index in [9.17, 15) is 19.5 Å². The van der Waals surface area contributed by atoms with Crippen LogP contribution in [-0.4, -0.2) is 47.1 Å². The van der Waals surface area contributed by atoms with Gasteiger partial charge >= 0.3 is 12.1 Å². The lowest BCUT2D eigenvalue weighted by molar-refractivity contribution is -0.149. The summed E-state index contributed by atoms with van der Waals surface area (Å²) in [4.78, 5) is 39.7. The predicted molar refractivity (Wildman–Crippen MR) is 134 cm³/mol. The van der Waals surface area contributed by atoms with Crippen LogP contribution in [0, 0.1) is 17.3 Å². The summed E-state index contributed by atoms with van der Waals surface area (Å²) in [6, 6.07) is 18.1. The molecule has 0 spiro atoms. The van der Waals surface area contributed by atoms with Crippen molar-refractivity contribution in [3.8, 4) is 0 Å². The molecule has 7 heteroatoms. The maximum absolute atomic E-state index is 13.5. The van der Waals surface area contributed by atoms with Gasteiger partial charge in [0.15, 0.2) is 0 Å². The van der Waals surface area contributed by atoms with E-state index >= 15 is 0 Å². The summed E-state index contributed by atoms with van der Waals surface area (Å²) in [5, 5.41) is 12.5. The second kappa shape index (κ2) is 11.9. The summed E-state index contributed by atoms with van der Waals surface area (Å²) in [7, 11) is 0. The van der Waals surface area contributed by atoms with Crippen molar-refractivity contribution in [1.29, 1.82) is 0 Å². The van der Waals surface area contributed by atoms with Crippen LogP contribution in [0.15, 0.2) is 60.7 Å². The number of nitrogens with zero attached hydrogens (tertiary/aromatic N) is 1. The number of carboxylic acids is 1. The molecule has 0 aromatic heterocycles. The van der Waals surface area contributed by atoms with Crippen molar-refractivity contribution < 1.29 is 24.2 Å². The number of piperidine rings is 1. The second-order valence-corrected chi connectivity index (χ2v) is 10.3. The molecular formula is C28H36N2O5. The van der Waals surface area contributed by atoms with Gasteiger partial charge in [0.1, 0.15) is 12.6 Å². The van der Waals surface area contributed by atoms with Crippen LogP contribution in [0.4, 0.5) is 4.79 Å². The Hall–Kier alpha value is -3.35. The van der Waals surface area contributed by atoms with E-state index in [4.69, 9.17) is 4.74 Å². The zero-order chi connectivity index (χ0) is 25.4. The van der Waals surface area contributed by atoms with Crippen molar-refractivity contribution >= 4 is 18.0 Å². The Bertz CT molecular complexity index is 979. The van der Waals surface area contributed by atoms with Gasteiger partial charge in [-0.05, 0) is 35.3 Å². The van der Waals surface area contributed by atoms with Gasteiger partial charge in [-0.2, -0.15) is 0 Å². The van der Waals surface area contributed by atoms with E-state index in [-0.39, 0.29) is 23.8 Å². The minimum absolute atomic E-state index is 0.00733. The molecule has 35 heavy (non-hydrogen) atoms. The minimum atomic E-state index is -0.785. The van der Waals surface area contributed by atoms with Crippen molar-refractivity contribution in [2.45, 2.75) is 52.7 Å². The van der Waals surface area contributed by atoms with E-state index in [0.29, 0.717) is 32.4 Å². The molecular weight excluding hydrogens is 444 g/mol. The van der Waals surface area contributed by atoms with E-state index in [1.807, 2.05) is 81.4 Å². The summed E-state index contributed by atoms with van der Waals surface area (Å²) in [5.74, 6) is -1.42. The van der Waals surface area contributed by atoms with Crippen LogP contribution in [-0.2, 0) is 27.4 Å². The molecule has 2 aromatic carbocycles. The van der Waals surface area contributed by atoms with Gasteiger partial charge in [0.2, 0.25) is 5.91 Å². The number of alkyl carbamates (subject to hydrolysis) is 1. The van der Waals surface area contributed by atoms with Crippen LogP contribution >= 0.6 is 0 Å². The number of hydrogen-bond donors (Lipinski definition) is 2. The lowest BCUT2D eigenvalue weighted by Crippen LogP contribution is -2.52. The van der Waals surface area contributed by atoms with Crippen LogP contribution in [0.2, 0.25) is 0 Å². The standard InChI is InChI=1S/C28H36N2O5/c1-28(2,3)24(26(32)33)22-14-16-30(17-15-22)25(31)23(18-20-10-6-4-7-11-20)29-27(34)35-19-21-12-8-5-9-13-21/h4-13,22-24H,14-19H2,1-3H3,(H,29,34)(H,32,33)/t23-,24?/m0/s1. The number of aliphatic carboxylic acids is 1. The van der Waals surface area contributed by atoms with E-state index in [0.717, 1.165) is 11.1 Å². The van der Waals surface area contributed by atoms with Gasteiger partial charge in [0, 0.05) is 19.5 Å². The molecule has 0 radical (unpaired) electrons. The van der Waals surface area contributed by atoms with Gasteiger partial charge in [-0.1, -0.05) is 81.4 Å². The van der Waals surface area contributed by atoms with Crippen molar-refractivity contribution in [3.63, 3.8) is 0 Å². The Morgan fingerprint density at radius 1 is 0.971 bits per heavy atom. The number of likely N-dealkylation sites (tertiary alicyclic amines) is 1. The smallest absolute Gasteiger partial charge is 0.408 e. The SMILES string of the molecule is CC(C)(C)C(C(=O)O)C1CCN(C(=O)[C@H](Cc2ccccc2)NC(=O)OCc2ccccc2)CC1. The Morgan fingerprint density at radius 3 is 2.03 bits per heavy atom. The highest BCUT2D eigenvalue weighted by Crippen LogP contribution is 2.37. The van der Waals surface area contributed by atoms with Crippen molar-refractivity contribution in [3.05, 3.63) is 71.8 Å². The average molecular weight is 481 g/mol. The van der Waals surface area contributed by atoms with Gasteiger partial charge < -0.3 is 20.1 Å². The van der Waals surface area contributed by atoms with Crippen LogP contribution in [0.25, 0.3) is 0 Å².